The van der Waals surface area contributed by atoms with Crippen LogP contribution in [-0.2, 0) is 57.6 Å². The Balaban J connectivity index is 1.66. The molecule has 2 aromatic carbocycles. The van der Waals surface area contributed by atoms with Crippen LogP contribution in [0.4, 0.5) is 0 Å². The first-order valence-corrected chi connectivity index (χ1v) is 24.3. The Hall–Kier alpha value is -7.76. The zero-order valence-corrected chi connectivity index (χ0v) is 42.0. The normalized spacial score (nSPS) is 16.1. The molecule has 16 N–H and O–H groups in total. The lowest BCUT2D eigenvalue weighted by molar-refractivity contribution is -0.142. The summed E-state index contributed by atoms with van der Waals surface area (Å²) in [5.74, 6) is -6.62. The van der Waals surface area contributed by atoms with E-state index < -0.39 is 95.5 Å². The molecule has 0 bridgehead atoms. The summed E-state index contributed by atoms with van der Waals surface area (Å²) in [7, 11) is 1.56. The Labute approximate surface area is 424 Å². The van der Waals surface area contributed by atoms with Gasteiger partial charge in [-0.15, -0.1) is 0 Å². The third-order valence-electron chi connectivity index (χ3n) is 12.4. The van der Waals surface area contributed by atoms with Crippen LogP contribution in [0.1, 0.15) is 76.6 Å². The monoisotopic (exact) mass is 1020 g/mol. The van der Waals surface area contributed by atoms with Crippen LogP contribution in [0, 0.1) is 11.8 Å². The van der Waals surface area contributed by atoms with Crippen LogP contribution in [0.3, 0.4) is 0 Å². The summed E-state index contributed by atoms with van der Waals surface area (Å²) < 4.78 is 0. The number of aromatic nitrogens is 2. The van der Waals surface area contributed by atoms with Gasteiger partial charge in [0, 0.05) is 44.2 Å². The molecule has 3 aromatic rings. The lowest BCUT2D eigenvalue weighted by Crippen LogP contribution is -2.61. The maximum Gasteiger partial charge on any atom is 0.246 e. The van der Waals surface area contributed by atoms with Crippen LogP contribution >= 0.6 is 0 Å². The minimum Gasteiger partial charge on any atom is -0.508 e. The van der Waals surface area contributed by atoms with Crippen LogP contribution in [0.15, 0.2) is 66.0 Å². The number of phenols is 2. The molecule has 0 spiro atoms. The molecule has 4 rings (SSSR count). The van der Waals surface area contributed by atoms with E-state index in [4.69, 9.17) is 17.2 Å². The first-order chi connectivity index (χ1) is 34.7. The number of aromatic hydroxyl groups is 2. The number of hydrogen-bond acceptors (Lipinski definition) is 13. The second kappa shape index (κ2) is 28.3. The van der Waals surface area contributed by atoms with E-state index >= 15 is 0 Å². The second-order valence-corrected chi connectivity index (χ2v) is 18.5. The largest absolute Gasteiger partial charge is 0.508 e. The number of nitrogens with one attached hydrogen (secondary N) is 8. The van der Waals surface area contributed by atoms with Gasteiger partial charge in [0.25, 0.3) is 0 Å². The van der Waals surface area contributed by atoms with E-state index in [2.05, 4.69) is 52.2 Å². The van der Waals surface area contributed by atoms with Crippen molar-refractivity contribution in [1.29, 1.82) is 0 Å². The fourth-order valence-electron chi connectivity index (χ4n) is 8.23. The van der Waals surface area contributed by atoms with Crippen molar-refractivity contribution >= 4 is 53.2 Å². The summed E-state index contributed by atoms with van der Waals surface area (Å²) in [6, 6.07) is 3.28. The number of amides is 8. The Bertz CT molecular complexity index is 2360. The smallest absolute Gasteiger partial charge is 0.246 e. The molecule has 24 heteroatoms. The van der Waals surface area contributed by atoms with Gasteiger partial charge < -0.3 is 74.5 Å². The number of aromatic amines is 1. The molecule has 2 heterocycles. The summed E-state index contributed by atoms with van der Waals surface area (Å²) in [5.41, 5.74) is 18.0. The highest BCUT2D eigenvalue weighted by Gasteiger charge is 2.41. The second-order valence-electron chi connectivity index (χ2n) is 18.5. The number of likely N-dealkylation sites (N-methyl/N-ethyl adjacent to an activating group) is 1. The summed E-state index contributed by atoms with van der Waals surface area (Å²) >= 11 is 0. The van der Waals surface area contributed by atoms with E-state index in [-0.39, 0.29) is 75.1 Å². The summed E-state index contributed by atoms with van der Waals surface area (Å²) in [5, 5.41) is 39.2. The number of hydrogen-bond donors (Lipinski definition) is 13. The van der Waals surface area contributed by atoms with Crippen LogP contribution in [0.25, 0.3) is 0 Å². The van der Waals surface area contributed by atoms with Gasteiger partial charge in [-0.05, 0) is 80.0 Å². The summed E-state index contributed by atoms with van der Waals surface area (Å²) in [4.78, 5) is 123. The Morgan fingerprint density at radius 1 is 0.740 bits per heavy atom. The van der Waals surface area contributed by atoms with Crippen LogP contribution in [-0.4, -0.2) is 147 Å². The molecule has 0 saturated carbocycles. The highest BCUT2D eigenvalue weighted by Crippen LogP contribution is 2.22. The maximum absolute atomic E-state index is 14.7. The van der Waals surface area contributed by atoms with Crippen LogP contribution in [0.2, 0.25) is 0 Å². The minimum absolute atomic E-state index is 0.0577. The lowest BCUT2D eigenvalue weighted by Gasteiger charge is -2.31. The number of primary amides is 1. The molecule has 1 fully saturated rings. The number of rotatable bonds is 28. The molecule has 0 unspecified atom stereocenters. The highest BCUT2D eigenvalue weighted by molar-refractivity contribution is 5.98. The van der Waals surface area contributed by atoms with Gasteiger partial charge in [0.15, 0.2) is 5.96 Å². The van der Waals surface area contributed by atoms with Crippen LogP contribution < -0.4 is 54.4 Å². The molecule has 8 amide bonds. The average molecular weight is 1020 g/mol. The van der Waals surface area contributed by atoms with Crippen molar-refractivity contribution < 1.29 is 48.6 Å². The van der Waals surface area contributed by atoms with Crippen molar-refractivity contribution in [2.75, 3.05) is 26.7 Å². The molecule has 0 radical (unpaired) electrons. The van der Waals surface area contributed by atoms with Crippen molar-refractivity contribution in [1.82, 2.24) is 52.1 Å². The standard InChI is InChI=1S/C49H72N14O10/c1-6-28(4)41(42(50)67)62-46(71)38-10-8-20-63(38)48(73)37(23-31-24-54-26-56-31)60-45(70)35(21-29-11-15-32(64)16-12-29)58-44(69)36(22-30-13-17-33(65)18-14-30)59-47(72)40(27(2)3)61-43(68)34(57-39(66)25-53-5)9-7-19-55-49(51)52/h11-18,24,26-28,34-38,40-41,53,64-65H,6-10,19-23,25H2,1-5H3,(H2,50,67)(H,54,56)(H,57,66)(H,58,69)(H,59,72)(H,60,70)(H,61,68)(H,62,71)(H4,51,52,55)/t28-,34-,35-,36-,37-,38-,40-,41-/m0/s1. The SMILES string of the molecule is CC[C@H](C)[C@H](NC(=O)[C@@H]1CCCN1C(=O)[C@H](Cc1cnc[nH]1)NC(=O)[C@H](Cc1ccc(O)cc1)NC(=O)[C@H](Cc1ccc(O)cc1)NC(=O)[C@@H](NC(=O)[C@H](CCCN=C(N)N)NC(=O)CNC)C(C)C)C(N)=O. The fraction of sp³-hybridized carbons (Fsp3) is 0.510. The number of likely N-dealkylation sites (tertiary alicyclic amines) is 1. The fourth-order valence-corrected chi connectivity index (χ4v) is 8.23. The number of guanidine groups is 1. The van der Waals surface area contributed by atoms with Gasteiger partial charge in [0.05, 0.1) is 12.9 Å². The Morgan fingerprint density at radius 2 is 1.30 bits per heavy atom. The molecule has 1 aromatic heterocycles. The lowest BCUT2D eigenvalue weighted by atomic mass is 9.98. The predicted octanol–water partition coefficient (Wildman–Crippen LogP) is -1.79. The average Bonchev–Trinajstić information content (AvgIpc) is 4.06. The van der Waals surface area contributed by atoms with E-state index in [1.807, 2.05) is 6.92 Å². The topological polar surface area (TPSA) is 384 Å². The van der Waals surface area contributed by atoms with Crippen molar-refractivity contribution in [3.63, 3.8) is 0 Å². The first kappa shape index (κ1) is 57.8. The van der Waals surface area contributed by atoms with Gasteiger partial charge in [-0.1, -0.05) is 58.4 Å². The molecular formula is C49H72N14O10. The van der Waals surface area contributed by atoms with E-state index in [0.29, 0.717) is 36.1 Å². The van der Waals surface area contributed by atoms with Gasteiger partial charge in [0.2, 0.25) is 47.3 Å². The van der Waals surface area contributed by atoms with Gasteiger partial charge in [-0.2, -0.15) is 0 Å². The number of imidazole rings is 1. The summed E-state index contributed by atoms with van der Waals surface area (Å²) in [6.45, 7) is 7.20. The molecule has 0 aliphatic carbocycles. The molecule has 1 saturated heterocycles. The number of carbonyl (C=O) groups is 8. The van der Waals surface area contributed by atoms with Gasteiger partial charge in [-0.3, -0.25) is 43.3 Å². The Kier molecular flexibility index (Phi) is 22.4. The minimum atomic E-state index is -1.43. The molecular weight excluding hydrogens is 945 g/mol. The third kappa shape index (κ3) is 18.1. The van der Waals surface area contributed by atoms with Crippen molar-refractivity contribution in [3.05, 3.63) is 77.9 Å². The molecule has 24 nitrogen and oxygen atoms in total. The molecule has 1 aliphatic heterocycles. The number of nitrogens with zero attached hydrogens (tertiary/aromatic N) is 3. The number of carbonyl (C=O) groups excluding carboxylic acids is 8. The van der Waals surface area contributed by atoms with E-state index in [9.17, 15) is 48.6 Å². The van der Waals surface area contributed by atoms with Gasteiger partial charge >= 0.3 is 0 Å². The van der Waals surface area contributed by atoms with Crippen molar-refractivity contribution in [3.8, 4) is 11.5 Å². The number of aliphatic imine (C=N–C) groups is 1. The quantitative estimate of drug-likeness (QED) is 0.0217. The summed E-state index contributed by atoms with van der Waals surface area (Å²) in [6.07, 6.45) is 4.11. The van der Waals surface area contributed by atoms with Crippen LogP contribution in [0.5, 0.6) is 11.5 Å². The van der Waals surface area contributed by atoms with E-state index in [1.54, 1.807) is 52.1 Å². The van der Waals surface area contributed by atoms with Crippen molar-refractivity contribution in [2.45, 2.75) is 121 Å². The predicted molar refractivity (Wildman–Crippen MR) is 270 cm³/mol. The first-order valence-electron chi connectivity index (χ1n) is 24.3. The zero-order valence-electron chi connectivity index (χ0n) is 42.0. The molecule has 8 atom stereocenters. The van der Waals surface area contributed by atoms with E-state index in [1.165, 1.54) is 41.7 Å². The van der Waals surface area contributed by atoms with Crippen molar-refractivity contribution in [2.24, 2.45) is 34.0 Å². The third-order valence-corrected chi connectivity index (χ3v) is 12.4. The van der Waals surface area contributed by atoms with E-state index in [0.717, 1.165) is 0 Å². The molecule has 398 valence electrons. The highest BCUT2D eigenvalue weighted by atomic mass is 16.3. The number of phenolic OH excluding ortho intramolecular Hbond substituents is 2. The molecule has 73 heavy (non-hydrogen) atoms. The number of nitrogens with two attached hydrogens (primary N) is 3. The number of benzene rings is 2. The van der Waals surface area contributed by atoms with Gasteiger partial charge in [0.1, 0.15) is 53.8 Å². The maximum atomic E-state index is 14.7. The Morgan fingerprint density at radius 3 is 1.81 bits per heavy atom. The number of H-pyrrole nitrogens is 1. The van der Waals surface area contributed by atoms with Gasteiger partial charge in [-0.25, -0.2) is 4.98 Å². The zero-order chi connectivity index (χ0) is 53.8. The molecule has 1 aliphatic rings.